The third kappa shape index (κ3) is 4.23. The zero-order chi connectivity index (χ0) is 23.1. The van der Waals surface area contributed by atoms with Crippen molar-refractivity contribution in [3.05, 3.63) is 45.2 Å². The number of esters is 1. The fourth-order valence-corrected chi connectivity index (χ4v) is 5.45. The smallest absolute Gasteiger partial charge is 0.341 e. The Kier molecular flexibility index (Phi) is 5.86. The first-order valence-corrected chi connectivity index (χ1v) is 12.1. The molecule has 2 aliphatic carbocycles. The van der Waals surface area contributed by atoms with Crippen molar-refractivity contribution in [3.63, 3.8) is 0 Å². The highest BCUT2D eigenvalue weighted by atomic mass is 32.1. The molecule has 7 nitrogen and oxygen atoms in total. The van der Waals surface area contributed by atoms with Gasteiger partial charge in [0.1, 0.15) is 10.7 Å². The number of halogens is 2. The zero-order valence-corrected chi connectivity index (χ0v) is 19.0. The Labute approximate surface area is 193 Å². The van der Waals surface area contributed by atoms with Crippen molar-refractivity contribution in [2.24, 2.45) is 0 Å². The molecule has 0 atom stereocenters. The van der Waals surface area contributed by atoms with Gasteiger partial charge in [-0.15, -0.1) is 11.3 Å². The molecule has 0 unspecified atom stereocenters. The number of carbonyl (C=O) groups is 2. The molecule has 1 N–H and O–H groups in total. The van der Waals surface area contributed by atoms with E-state index >= 15 is 0 Å². The number of anilines is 1. The van der Waals surface area contributed by atoms with Crippen LogP contribution in [0.4, 0.5) is 13.8 Å². The van der Waals surface area contributed by atoms with E-state index in [4.69, 9.17) is 4.74 Å². The van der Waals surface area contributed by atoms with Crippen molar-refractivity contribution in [2.75, 3.05) is 11.9 Å². The van der Waals surface area contributed by atoms with E-state index in [1.165, 1.54) is 23.5 Å². The van der Waals surface area contributed by atoms with Gasteiger partial charge in [-0.2, -0.15) is 5.10 Å². The molecule has 5 rings (SSSR count). The highest BCUT2D eigenvalue weighted by molar-refractivity contribution is 7.17. The van der Waals surface area contributed by atoms with Crippen molar-refractivity contribution >= 4 is 33.9 Å². The van der Waals surface area contributed by atoms with Crippen molar-refractivity contribution < 1.29 is 23.1 Å². The van der Waals surface area contributed by atoms with Crippen LogP contribution in [0.25, 0.3) is 5.65 Å². The zero-order valence-electron chi connectivity index (χ0n) is 18.2. The fraction of sp³-hybridized carbons (Fsp3) is 0.478. The minimum Gasteiger partial charge on any atom is -0.462 e. The Morgan fingerprint density at radius 2 is 2.06 bits per heavy atom. The molecule has 2 aliphatic rings. The summed E-state index contributed by atoms with van der Waals surface area (Å²) in [5, 5.41) is 7.32. The van der Waals surface area contributed by atoms with E-state index in [0.29, 0.717) is 29.3 Å². The molecule has 0 radical (unpaired) electrons. The molecule has 0 saturated heterocycles. The van der Waals surface area contributed by atoms with Crippen molar-refractivity contribution in [1.82, 2.24) is 14.6 Å². The van der Waals surface area contributed by atoms with Crippen LogP contribution in [-0.4, -0.2) is 33.1 Å². The summed E-state index contributed by atoms with van der Waals surface area (Å²) in [5.74, 6) is -0.831. The molecule has 3 heterocycles. The number of nitrogens with one attached hydrogen (secondary N) is 1. The molecule has 3 aromatic heterocycles. The van der Waals surface area contributed by atoms with Crippen molar-refractivity contribution in [1.29, 1.82) is 0 Å². The van der Waals surface area contributed by atoms with Gasteiger partial charge in [-0.05, 0) is 56.6 Å². The summed E-state index contributed by atoms with van der Waals surface area (Å²) in [6, 6.07) is 2.79. The molecule has 0 aliphatic heterocycles. The van der Waals surface area contributed by atoms with Crippen molar-refractivity contribution in [3.8, 4) is 0 Å². The van der Waals surface area contributed by atoms with Gasteiger partial charge in [0.25, 0.3) is 12.3 Å². The highest BCUT2D eigenvalue weighted by Gasteiger charge is 2.30. The lowest BCUT2D eigenvalue weighted by atomic mass is 9.95. The van der Waals surface area contributed by atoms with Gasteiger partial charge in [0.15, 0.2) is 11.3 Å². The first-order valence-electron chi connectivity index (χ1n) is 11.3. The van der Waals surface area contributed by atoms with E-state index in [-0.39, 0.29) is 23.0 Å². The van der Waals surface area contributed by atoms with Crippen LogP contribution >= 0.6 is 11.3 Å². The van der Waals surface area contributed by atoms with Gasteiger partial charge in [-0.25, -0.2) is 23.1 Å². The summed E-state index contributed by atoms with van der Waals surface area (Å²) >= 11 is 1.37. The van der Waals surface area contributed by atoms with Crippen LogP contribution in [0, 0.1) is 0 Å². The number of hydrogen-bond donors (Lipinski definition) is 1. The van der Waals surface area contributed by atoms with E-state index in [1.807, 2.05) is 6.92 Å². The predicted octanol–water partition coefficient (Wildman–Crippen LogP) is 5.30. The number of alkyl halides is 2. The summed E-state index contributed by atoms with van der Waals surface area (Å²) in [4.78, 5) is 31.3. The Bertz CT molecular complexity index is 1230. The Morgan fingerprint density at radius 1 is 1.27 bits per heavy atom. The number of aryl methyl sites for hydroxylation is 1. The van der Waals surface area contributed by atoms with E-state index in [2.05, 4.69) is 15.4 Å². The first-order chi connectivity index (χ1) is 16.0. The van der Waals surface area contributed by atoms with Crippen LogP contribution in [-0.2, 0) is 17.6 Å². The van der Waals surface area contributed by atoms with Gasteiger partial charge in [0, 0.05) is 22.6 Å². The fourth-order valence-electron chi connectivity index (χ4n) is 4.18. The van der Waals surface area contributed by atoms with Gasteiger partial charge in [0.2, 0.25) is 0 Å². The molecule has 0 bridgehead atoms. The number of fused-ring (bicyclic) bond motifs is 2. The number of nitrogens with zero attached hydrogens (tertiary/aromatic N) is 3. The van der Waals surface area contributed by atoms with E-state index < -0.39 is 18.3 Å². The average molecular weight is 475 g/mol. The number of amides is 1. The SMILES string of the molecule is CCCOC(=O)c1c(NC(=O)c2cc3nc(C4CC4)cc(C(F)F)n3n2)sc2c1CCCC2. The number of thiophene rings is 1. The molecule has 0 spiro atoms. The molecule has 33 heavy (non-hydrogen) atoms. The largest absolute Gasteiger partial charge is 0.462 e. The quantitative estimate of drug-likeness (QED) is 0.470. The van der Waals surface area contributed by atoms with Gasteiger partial charge in [0.05, 0.1) is 12.2 Å². The lowest BCUT2D eigenvalue weighted by Crippen LogP contribution is -2.16. The second kappa shape index (κ2) is 8.81. The number of ether oxygens (including phenoxy) is 1. The van der Waals surface area contributed by atoms with Crippen molar-refractivity contribution in [2.45, 2.75) is 64.2 Å². The summed E-state index contributed by atoms with van der Waals surface area (Å²) < 4.78 is 33.7. The van der Waals surface area contributed by atoms with Crippen LogP contribution in [0.2, 0.25) is 0 Å². The van der Waals surface area contributed by atoms with Gasteiger partial charge in [-0.1, -0.05) is 6.92 Å². The Balaban J connectivity index is 1.48. The lowest BCUT2D eigenvalue weighted by Gasteiger charge is -2.12. The summed E-state index contributed by atoms with van der Waals surface area (Å²) in [6.45, 7) is 2.22. The van der Waals surface area contributed by atoms with Crippen LogP contribution in [0.15, 0.2) is 12.1 Å². The molecule has 1 saturated carbocycles. The second-order valence-corrected chi connectivity index (χ2v) is 9.59. The number of rotatable bonds is 7. The Hall–Kier alpha value is -2.88. The maximum Gasteiger partial charge on any atom is 0.341 e. The standard InChI is InChI=1S/C23H24F2N4O3S/c1-2-9-32-23(31)19-13-5-3-4-6-17(13)33-22(19)27-21(30)15-11-18-26-14(12-7-8-12)10-16(20(24)25)29(18)28-15/h10-12,20H,2-9H2,1H3,(H,27,30). The van der Waals surface area contributed by atoms with E-state index in [9.17, 15) is 18.4 Å². The maximum absolute atomic E-state index is 13.7. The van der Waals surface area contributed by atoms with E-state index in [1.54, 1.807) is 0 Å². The first kappa shape index (κ1) is 21.9. The molecule has 174 valence electrons. The van der Waals surface area contributed by atoms with Gasteiger partial charge in [-0.3, -0.25) is 4.79 Å². The molecule has 3 aromatic rings. The molecule has 1 amide bonds. The molecular weight excluding hydrogens is 450 g/mol. The number of aromatic nitrogens is 3. The molecule has 0 aromatic carbocycles. The summed E-state index contributed by atoms with van der Waals surface area (Å²) in [6.07, 6.45) is 3.42. The van der Waals surface area contributed by atoms with Crippen LogP contribution < -0.4 is 5.32 Å². The molecular formula is C23H24F2N4O3S. The predicted molar refractivity (Wildman–Crippen MR) is 119 cm³/mol. The molecule has 1 fully saturated rings. The second-order valence-electron chi connectivity index (χ2n) is 8.49. The van der Waals surface area contributed by atoms with Crippen LogP contribution in [0.5, 0.6) is 0 Å². The minimum absolute atomic E-state index is 0.0309. The van der Waals surface area contributed by atoms with E-state index in [0.717, 1.165) is 53.5 Å². The lowest BCUT2D eigenvalue weighted by molar-refractivity contribution is 0.0505. The van der Waals surface area contributed by atoms with Crippen LogP contribution in [0.1, 0.15) is 94.0 Å². The third-order valence-electron chi connectivity index (χ3n) is 5.97. The highest BCUT2D eigenvalue weighted by Crippen LogP contribution is 2.41. The summed E-state index contributed by atoms with van der Waals surface area (Å²) in [5.41, 5.74) is 1.86. The maximum atomic E-state index is 13.7. The minimum atomic E-state index is -2.74. The normalized spacial score (nSPS) is 15.6. The molecule has 10 heteroatoms. The van der Waals surface area contributed by atoms with Crippen LogP contribution in [0.3, 0.4) is 0 Å². The number of carbonyl (C=O) groups excluding carboxylic acids is 2. The van der Waals surface area contributed by atoms with Gasteiger partial charge < -0.3 is 10.1 Å². The number of hydrogen-bond acceptors (Lipinski definition) is 6. The monoisotopic (exact) mass is 474 g/mol. The average Bonchev–Trinajstić information content (AvgIpc) is 3.45. The van der Waals surface area contributed by atoms with Gasteiger partial charge >= 0.3 is 5.97 Å². The topological polar surface area (TPSA) is 85.6 Å². The Morgan fingerprint density at radius 3 is 2.79 bits per heavy atom. The third-order valence-corrected chi connectivity index (χ3v) is 7.17. The summed E-state index contributed by atoms with van der Waals surface area (Å²) in [7, 11) is 0.